The van der Waals surface area contributed by atoms with Gasteiger partial charge in [0.1, 0.15) is 11.6 Å². The molecule has 0 atom stereocenters. The van der Waals surface area contributed by atoms with Crippen LogP contribution in [0.3, 0.4) is 0 Å². The van der Waals surface area contributed by atoms with E-state index >= 15 is 0 Å². The van der Waals surface area contributed by atoms with Gasteiger partial charge in [0.05, 0.1) is 6.26 Å². The van der Waals surface area contributed by atoms with Gasteiger partial charge >= 0.3 is 0 Å². The fourth-order valence-corrected chi connectivity index (χ4v) is 1.83. The molecule has 2 rings (SSSR count). The number of nitrogens with two attached hydrogens (primary N) is 1. The molecule has 0 aliphatic carbocycles. The molecular weight excluding hydrogens is 214 g/mol. The molecule has 4 nitrogen and oxygen atoms in total. The molecule has 2 aromatic heterocycles. The number of aromatic nitrogens is 1. The van der Waals surface area contributed by atoms with Gasteiger partial charge in [0, 0.05) is 24.8 Å². The molecule has 0 fully saturated rings. The molecule has 0 spiro atoms. The molecule has 0 aliphatic rings. The molecule has 2 aromatic rings. The Morgan fingerprint density at radius 3 is 2.82 bits per heavy atom. The summed E-state index contributed by atoms with van der Waals surface area (Å²) >= 11 is 0. The van der Waals surface area contributed by atoms with Crippen LogP contribution in [-0.2, 0) is 13.1 Å². The molecule has 0 aliphatic heterocycles. The lowest BCUT2D eigenvalue weighted by Crippen LogP contribution is -2.17. The first-order valence-electron chi connectivity index (χ1n) is 5.57. The minimum Gasteiger partial charge on any atom is -0.469 e. The van der Waals surface area contributed by atoms with Crippen molar-refractivity contribution in [1.82, 2.24) is 9.88 Å². The van der Waals surface area contributed by atoms with Crippen LogP contribution in [0.5, 0.6) is 0 Å². The van der Waals surface area contributed by atoms with Crippen molar-refractivity contribution in [2.45, 2.75) is 20.0 Å². The number of anilines is 1. The summed E-state index contributed by atoms with van der Waals surface area (Å²) in [6.07, 6.45) is 3.46. The highest BCUT2D eigenvalue weighted by Crippen LogP contribution is 2.13. The molecule has 0 aromatic carbocycles. The van der Waals surface area contributed by atoms with Crippen LogP contribution in [0.2, 0.25) is 0 Å². The van der Waals surface area contributed by atoms with Crippen molar-refractivity contribution in [3.8, 4) is 0 Å². The van der Waals surface area contributed by atoms with Crippen molar-refractivity contribution in [3.05, 3.63) is 47.5 Å². The molecule has 0 bridgehead atoms. The largest absolute Gasteiger partial charge is 0.469 e. The zero-order chi connectivity index (χ0) is 12.3. The molecule has 0 unspecified atom stereocenters. The van der Waals surface area contributed by atoms with E-state index in [1.165, 1.54) is 11.1 Å². The summed E-state index contributed by atoms with van der Waals surface area (Å²) in [6.45, 7) is 3.69. The molecule has 0 radical (unpaired) electrons. The zero-order valence-electron chi connectivity index (χ0n) is 10.2. The summed E-state index contributed by atoms with van der Waals surface area (Å²) in [5, 5.41) is 0. The van der Waals surface area contributed by atoms with Crippen LogP contribution in [0.1, 0.15) is 16.9 Å². The first kappa shape index (κ1) is 11.7. The highest BCUT2D eigenvalue weighted by Gasteiger charge is 2.06. The maximum absolute atomic E-state index is 5.65. The lowest BCUT2D eigenvalue weighted by molar-refractivity contribution is 0.316. The Kier molecular flexibility index (Phi) is 3.44. The van der Waals surface area contributed by atoms with E-state index in [-0.39, 0.29) is 0 Å². The highest BCUT2D eigenvalue weighted by molar-refractivity contribution is 5.31. The third-order valence-electron chi connectivity index (χ3n) is 2.70. The summed E-state index contributed by atoms with van der Waals surface area (Å²) in [5.41, 5.74) is 8.03. The molecule has 4 heteroatoms. The number of nitrogens with zero attached hydrogens (tertiary/aromatic N) is 2. The number of hydrogen-bond donors (Lipinski definition) is 1. The lowest BCUT2D eigenvalue weighted by atomic mass is 10.2. The van der Waals surface area contributed by atoms with E-state index in [9.17, 15) is 0 Å². The van der Waals surface area contributed by atoms with E-state index in [4.69, 9.17) is 10.2 Å². The third-order valence-corrected chi connectivity index (χ3v) is 2.70. The van der Waals surface area contributed by atoms with Gasteiger partial charge in [-0.3, -0.25) is 4.90 Å². The summed E-state index contributed by atoms with van der Waals surface area (Å²) < 4.78 is 5.28. The second-order valence-corrected chi connectivity index (χ2v) is 4.26. The normalized spacial score (nSPS) is 11.0. The van der Waals surface area contributed by atoms with Crippen LogP contribution >= 0.6 is 0 Å². The van der Waals surface area contributed by atoms with Crippen molar-refractivity contribution < 1.29 is 4.42 Å². The number of aryl methyl sites for hydroxylation is 1. The Balaban J connectivity index is 1.98. The maximum atomic E-state index is 5.65. The predicted octanol–water partition coefficient (Wildman–Crippen LogP) is 2.20. The van der Waals surface area contributed by atoms with Crippen LogP contribution in [0.25, 0.3) is 0 Å². The topological polar surface area (TPSA) is 55.3 Å². The second kappa shape index (κ2) is 5.01. The smallest absolute Gasteiger partial charge is 0.123 e. The van der Waals surface area contributed by atoms with Crippen LogP contribution in [-0.4, -0.2) is 16.9 Å². The minimum absolute atomic E-state index is 0.565. The van der Waals surface area contributed by atoms with Crippen LogP contribution in [0, 0.1) is 6.92 Å². The zero-order valence-corrected chi connectivity index (χ0v) is 10.2. The van der Waals surface area contributed by atoms with E-state index in [0.717, 1.165) is 18.8 Å². The van der Waals surface area contributed by atoms with Gasteiger partial charge in [0.25, 0.3) is 0 Å². The van der Waals surface area contributed by atoms with Gasteiger partial charge in [-0.15, -0.1) is 0 Å². The number of rotatable bonds is 4. The average molecular weight is 231 g/mol. The Bertz CT molecular complexity index is 493. The van der Waals surface area contributed by atoms with Gasteiger partial charge in [-0.2, -0.15) is 0 Å². The third kappa shape index (κ3) is 3.07. The summed E-state index contributed by atoms with van der Waals surface area (Å²) in [4.78, 5) is 6.20. The van der Waals surface area contributed by atoms with E-state index in [1.54, 1.807) is 12.5 Å². The number of nitrogen functional groups attached to an aromatic ring is 1. The number of hydrogen-bond acceptors (Lipinski definition) is 4. The van der Waals surface area contributed by atoms with Gasteiger partial charge in [0.15, 0.2) is 0 Å². The molecule has 0 amide bonds. The van der Waals surface area contributed by atoms with E-state index in [2.05, 4.69) is 16.9 Å². The van der Waals surface area contributed by atoms with E-state index < -0.39 is 0 Å². The Hall–Kier alpha value is -1.81. The summed E-state index contributed by atoms with van der Waals surface area (Å²) in [6, 6.07) is 5.89. The average Bonchev–Trinajstić information content (AvgIpc) is 2.64. The monoisotopic (exact) mass is 231 g/mol. The Labute approximate surface area is 101 Å². The quantitative estimate of drug-likeness (QED) is 0.876. The molecule has 17 heavy (non-hydrogen) atoms. The van der Waals surface area contributed by atoms with Gasteiger partial charge in [-0.05, 0) is 37.7 Å². The van der Waals surface area contributed by atoms with Gasteiger partial charge in [-0.1, -0.05) is 0 Å². The van der Waals surface area contributed by atoms with Crippen molar-refractivity contribution in [1.29, 1.82) is 0 Å². The predicted molar refractivity (Wildman–Crippen MR) is 67.3 cm³/mol. The van der Waals surface area contributed by atoms with E-state index in [0.29, 0.717) is 5.82 Å². The highest BCUT2D eigenvalue weighted by atomic mass is 16.3. The fraction of sp³-hybridized carbons (Fsp3) is 0.308. The molecule has 2 N–H and O–H groups in total. The summed E-state index contributed by atoms with van der Waals surface area (Å²) in [5.74, 6) is 1.54. The van der Waals surface area contributed by atoms with Crippen molar-refractivity contribution >= 4 is 5.82 Å². The van der Waals surface area contributed by atoms with Crippen LogP contribution in [0.15, 0.2) is 35.1 Å². The standard InChI is InChI=1S/C13H17N3O/c1-10-12(4-6-17-10)9-16(2)8-11-3-5-15-13(14)7-11/h3-7H,8-9H2,1-2H3,(H2,14,15). The van der Waals surface area contributed by atoms with E-state index in [1.807, 2.05) is 25.1 Å². The second-order valence-electron chi connectivity index (χ2n) is 4.26. The fourth-order valence-electron chi connectivity index (χ4n) is 1.83. The van der Waals surface area contributed by atoms with Crippen LogP contribution in [0.4, 0.5) is 5.82 Å². The lowest BCUT2D eigenvalue weighted by Gasteiger charge is -2.16. The molecule has 0 saturated heterocycles. The van der Waals surface area contributed by atoms with Crippen molar-refractivity contribution in [2.75, 3.05) is 12.8 Å². The first-order chi connectivity index (χ1) is 8.15. The van der Waals surface area contributed by atoms with Gasteiger partial charge in [-0.25, -0.2) is 4.98 Å². The van der Waals surface area contributed by atoms with Crippen molar-refractivity contribution in [3.63, 3.8) is 0 Å². The molecular formula is C13H17N3O. The molecule has 0 saturated carbocycles. The van der Waals surface area contributed by atoms with Gasteiger partial charge < -0.3 is 10.2 Å². The minimum atomic E-state index is 0.565. The number of furan rings is 1. The number of pyridine rings is 1. The first-order valence-corrected chi connectivity index (χ1v) is 5.57. The maximum Gasteiger partial charge on any atom is 0.123 e. The Morgan fingerprint density at radius 1 is 1.35 bits per heavy atom. The van der Waals surface area contributed by atoms with Crippen LogP contribution < -0.4 is 5.73 Å². The molecule has 90 valence electrons. The Morgan fingerprint density at radius 2 is 2.18 bits per heavy atom. The SMILES string of the molecule is Cc1occc1CN(C)Cc1ccnc(N)c1. The van der Waals surface area contributed by atoms with Gasteiger partial charge in [0.2, 0.25) is 0 Å². The van der Waals surface area contributed by atoms with Crippen molar-refractivity contribution in [2.24, 2.45) is 0 Å². The molecule has 2 heterocycles. The summed E-state index contributed by atoms with van der Waals surface area (Å²) in [7, 11) is 2.07.